The van der Waals surface area contributed by atoms with Crippen molar-refractivity contribution in [1.82, 2.24) is 0 Å². The Morgan fingerprint density at radius 1 is 1.36 bits per heavy atom. The fourth-order valence-corrected chi connectivity index (χ4v) is 1.94. The van der Waals surface area contributed by atoms with Crippen LogP contribution in [0.2, 0.25) is 0 Å². The van der Waals surface area contributed by atoms with Gasteiger partial charge in [-0.05, 0) is 6.92 Å². The van der Waals surface area contributed by atoms with E-state index in [9.17, 15) is 9.59 Å². The van der Waals surface area contributed by atoms with Gasteiger partial charge in [-0.3, -0.25) is 9.59 Å². The van der Waals surface area contributed by atoms with E-state index in [4.69, 9.17) is 4.74 Å². The Balaban J connectivity index is 3.89. The highest BCUT2D eigenvalue weighted by atomic mass is 32.2. The molecule has 0 saturated carbocycles. The standard InChI is InChI=1S/C10H18O3S/c1-7(13-8(2)11)6-9(12)14-10(3,4)5/h7H,6H2,1-5H3/t7-/m1/s1. The molecular formula is C10H18O3S. The summed E-state index contributed by atoms with van der Waals surface area (Å²) in [5.41, 5.74) is 0. The molecule has 0 N–H and O–H groups in total. The van der Waals surface area contributed by atoms with Crippen molar-refractivity contribution in [2.24, 2.45) is 0 Å². The van der Waals surface area contributed by atoms with E-state index in [2.05, 4.69) is 0 Å². The third-order valence-corrected chi connectivity index (χ3v) is 2.25. The van der Waals surface area contributed by atoms with Crippen molar-refractivity contribution in [3.63, 3.8) is 0 Å². The van der Waals surface area contributed by atoms with E-state index < -0.39 is 0 Å². The van der Waals surface area contributed by atoms with Gasteiger partial charge >= 0.3 is 5.97 Å². The molecule has 0 aliphatic rings. The molecule has 0 unspecified atom stereocenters. The average molecular weight is 218 g/mol. The fraction of sp³-hybridized carbons (Fsp3) is 0.800. The summed E-state index contributed by atoms with van der Waals surface area (Å²) in [6.45, 7) is 9.00. The van der Waals surface area contributed by atoms with Gasteiger partial charge in [-0.2, -0.15) is 0 Å². The van der Waals surface area contributed by atoms with Crippen LogP contribution in [0.15, 0.2) is 0 Å². The van der Waals surface area contributed by atoms with Crippen LogP contribution < -0.4 is 0 Å². The Hall–Kier alpha value is -0.510. The molecule has 0 aliphatic carbocycles. The molecule has 3 nitrogen and oxygen atoms in total. The lowest BCUT2D eigenvalue weighted by molar-refractivity contribution is -0.146. The minimum Gasteiger partial charge on any atom is -0.462 e. The van der Waals surface area contributed by atoms with Gasteiger partial charge in [0.1, 0.15) is 6.10 Å². The molecule has 0 rings (SSSR count). The Morgan fingerprint density at radius 3 is 2.21 bits per heavy atom. The number of esters is 1. The minimum absolute atomic E-state index is 0.0613. The predicted molar refractivity (Wildman–Crippen MR) is 58.2 cm³/mol. The van der Waals surface area contributed by atoms with Crippen molar-refractivity contribution < 1.29 is 14.3 Å². The highest BCUT2D eigenvalue weighted by molar-refractivity contribution is 8.14. The molecule has 0 aromatic heterocycles. The number of ether oxygens (including phenoxy) is 1. The van der Waals surface area contributed by atoms with Crippen LogP contribution in [0.3, 0.4) is 0 Å². The molecule has 0 aliphatic heterocycles. The highest BCUT2D eigenvalue weighted by Gasteiger charge is 2.19. The number of carbonyl (C=O) groups is 2. The van der Waals surface area contributed by atoms with Crippen molar-refractivity contribution in [2.45, 2.75) is 51.9 Å². The molecule has 0 spiro atoms. The number of rotatable bonds is 3. The van der Waals surface area contributed by atoms with Crippen LogP contribution in [0.5, 0.6) is 0 Å². The maximum Gasteiger partial charge on any atom is 0.302 e. The Bertz CT molecular complexity index is 218. The van der Waals surface area contributed by atoms with Gasteiger partial charge in [0.25, 0.3) is 0 Å². The SMILES string of the molecule is CC(=O)O[C@H](C)CC(=O)SC(C)(C)C. The molecule has 0 aromatic carbocycles. The quantitative estimate of drug-likeness (QED) is 0.682. The molecule has 14 heavy (non-hydrogen) atoms. The van der Waals surface area contributed by atoms with Gasteiger partial charge in [-0.15, -0.1) is 0 Å². The second-order valence-corrected chi connectivity index (χ2v) is 6.09. The largest absolute Gasteiger partial charge is 0.462 e. The number of hydrogen-bond acceptors (Lipinski definition) is 4. The van der Waals surface area contributed by atoms with Crippen molar-refractivity contribution in [3.05, 3.63) is 0 Å². The molecule has 0 amide bonds. The first-order valence-corrected chi connectivity index (χ1v) is 5.41. The monoisotopic (exact) mass is 218 g/mol. The molecule has 4 heteroatoms. The van der Waals surface area contributed by atoms with E-state index in [0.717, 1.165) is 0 Å². The molecular weight excluding hydrogens is 200 g/mol. The smallest absolute Gasteiger partial charge is 0.302 e. The average Bonchev–Trinajstić information content (AvgIpc) is 1.77. The summed E-state index contributed by atoms with van der Waals surface area (Å²) in [6.07, 6.45) is -0.0449. The van der Waals surface area contributed by atoms with E-state index in [1.165, 1.54) is 18.7 Å². The zero-order chi connectivity index (χ0) is 11.4. The summed E-state index contributed by atoms with van der Waals surface area (Å²) in [6, 6.07) is 0. The maximum absolute atomic E-state index is 11.4. The van der Waals surface area contributed by atoms with Crippen LogP contribution >= 0.6 is 11.8 Å². The summed E-state index contributed by atoms with van der Waals surface area (Å²) in [7, 11) is 0. The number of hydrogen-bond donors (Lipinski definition) is 0. The zero-order valence-corrected chi connectivity index (χ0v) is 10.2. The van der Waals surface area contributed by atoms with Crippen molar-refractivity contribution in [3.8, 4) is 0 Å². The Labute approximate surface area is 89.6 Å². The van der Waals surface area contributed by atoms with Gasteiger partial charge in [0, 0.05) is 11.7 Å². The van der Waals surface area contributed by atoms with Gasteiger partial charge in [0.15, 0.2) is 5.12 Å². The summed E-state index contributed by atoms with van der Waals surface area (Å²) in [5, 5.41) is 0.0613. The highest BCUT2D eigenvalue weighted by Crippen LogP contribution is 2.25. The molecule has 0 heterocycles. The van der Waals surface area contributed by atoms with Crippen LogP contribution in [0, 0.1) is 0 Å². The van der Waals surface area contributed by atoms with Crippen LogP contribution in [0.1, 0.15) is 41.0 Å². The summed E-state index contributed by atoms with van der Waals surface area (Å²) >= 11 is 1.28. The molecule has 82 valence electrons. The van der Waals surface area contributed by atoms with E-state index in [-0.39, 0.29) is 28.4 Å². The second kappa shape index (κ2) is 5.39. The first kappa shape index (κ1) is 13.5. The van der Waals surface area contributed by atoms with Gasteiger partial charge in [-0.1, -0.05) is 32.5 Å². The lowest BCUT2D eigenvalue weighted by atomic mass is 10.3. The first-order valence-electron chi connectivity index (χ1n) is 4.60. The molecule has 0 aromatic rings. The summed E-state index contributed by atoms with van der Waals surface area (Å²) in [4.78, 5) is 22.0. The molecule has 0 saturated heterocycles. The zero-order valence-electron chi connectivity index (χ0n) is 9.42. The van der Waals surface area contributed by atoms with Crippen LogP contribution in [0.25, 0.3) is 0 Å². The van der Waals surface area contributed by atoms with Crippen molar-refractivity contribution >= 4 is 22.8 Å². The van der Waals surface area contributed by atoms with Gasteiger partial charge in [-0.25, -0.2) is 0 Å². The number of carbonyl (C=O) groups excluding carboxylic acids is 2. The van der Waals surface area contributed by atoms with Crippen LogP contribution in [0.4, 0.5) is 0 Å². The third-order valence-electron chi connectivity index (χ3n) is 1.24. The first-order chi connectivity index (χ1) is 6.20. The summed E-state index contributed by atoms with van der Waals surface area (Å²) in [5.74, 6) is -0.342. The summed E-state index contributed by atoms with van der Waals surface area (Å²) < 4.78 is 4.79. The normalized spacial score (nSPS) is 13.5. The predicted octanol–water partition coefficient (Wildman–Crippen LogP) is 2.39. The molecule has 0 bridgehead atoms. The van der Waals surface area contributed by atoms with Crippen molar-refractivity contribution in [1.29, 1.82) is 0 Å². The lowest BCUT2D eigenvalue weighted by Crippen LogP contribution is -2.18. The molecule has 0 radical (unpaired) electrons. The lowest BCUT2D eigenvalue weighted by Gasteiger charge is -2.17. The number of thioether (sulfide) groups is 1. The maximum atomic E-state index is 11.4. The van der Waals surface area contributed by atoms with Gasteiger partial charge in [0.2, 0.25) is 0 Å². The van der Waals surface area contributed by atoms with Gasteiger partial charge < -0.3 is 4.74 Å². The molecule has 0 fully saturated rings. The Kier molecular flexibility index (Phi) is 5.19. The topological polar surface area (TPSA) is 43.4 Å². The fourth-order valence-electron chi connectivity index (χ4n) is 0.943. The second-order valence-electron chi connectivity index (χ2n) is 4.21. The van der Waals surface area contributed by atoms with Crippen LogP contribution in [-0.2, 0) is 14.3 Å². The third kappa shape index (κ3) is 8.10. The minimum atomic E-state index is -0.342. The van der Waals surface area contributed by atoms with Gasteiger partial charge in [0.05, 0.1) is 6.42 Å². The van der Waals surface area contributed by atoms with Crippen LogP contribution in [-0.4, -0.2) is 21.9 Å². The Morgan fingerprint density at radius 2 is 1.86 bits per heavy atom. The van der Waals surface area contributed by atoms with E-state index >= 15 is 0 Å². The van der Waals surface area contributed by atoms with E-state index in [1.54, 1.807) is 6.92 Å². The van der Waals surface area contributed by atoms with E-state index in [1.807, 2.05) is 20.8 Å². The molecule has 1 atom stereocenters. The van der Waals surface area contributed by atoms with E-state index in [0.29, 0.717) is 0 Å². The van der Waals surface area contributed by atoms with Crippen molar-refractivity contribution in [2.75, 3.05) is 0 Å².